The molecule has 3 atom stereocenters. The average molecular weight is 353 g/mol. The summed E-state index contributed by atoms with van der Waals surface area (Å²) in [6.07, 6.45) is 2.24. The van der Waals surface area contributed by atoms with Gasteiger partial charge in [-0.25, -0.2) is 4.79 Å². The van der Waals surface area contributed by atoms with E-state index < -0.39 is 30.2 Å². The first-order valence-electron chi connectivity index (χ1n) is 7.69. The van der Waals surface area contributed by atoms with E-state index in [1.807, 2.05) is 37.3 Å². The first-order valence-corrected chi connectivity index (χ1v) is 9.24. The molecule has 0 spiro atoms. The highest BCUT2D eigenvalue weighted by atomic mass is 31.2. The number of carbonyl (C=O) groups excluding carboxylic acids is 1. The van der Waals surface area contributed by atoms with Gasteiger partial charge >= 0.3 is 13.6 Å². The second kappa shape index (κ2) is 6.79. The molecule has 1 aromatic rings. The predicted octanol–water partition coefficient (Wildman–Crippen LogP) is 3.41. The van der Waals surface area contributed by atoms with E-state index in [0.717, 1.165) is 5.56 Å². The Bertz CT molecular complexity index is 669. The van der Waals surface area contributed by atoms with Crippen molar-refractivity contribution in [3.8, 4) is 0 Å². The van der Waals surface area contributed by atoms with Crippen LogP contribution in [-0.2, 0) is 28.3 Å². The minimum Gasteiger partial charge on any atom is -0.467 e. The molecule has 0 saturated heterocycles. The third kappa shape index (κ3) is 2.83. The summed E-state index contributed by atoms with van der Waals surface area (Å²) in [5, 5.41) is -0.815. The van der Waals surface area contributed by atoms with Gasteiger partial charge < -0.3 is 13.8 Å². The van der Waals surface area contributed by atoms with E-state index in [2.05, 4.69) is 9.73 Å². The molecule has 1 saturated carbocycles. The molecule has 1 aliphatic carbocycles. The summed E-state index contributed by atoms with van der Waals surface area (Å²) in [5.74, 6) is -0.414. The number of ether oxygens (including phenoxy) is 1. The monoisotopic (exact) mass is 353 g/mol. The molecule has 0 bridgehead atoms. The van der Waals surface area contributed by atoms with Crippen molar-refractivity contribution in [2.75, 3.05) is 21.3 Å². The lowest BCUT2D eigenvalue weighted by Gasteiger charge is -2.28. The lowest BCUT2D eigenvalue weighted by Crippen LogP contribution is -2.22. The molecule has 0 N–H and O–H groups in total. The minimum atomic E-state index is -3.41. The topological polar surface area (TPSA) is 74.2 Å². The third-order valence-corrected chi connectivity index (χ3v) is 7.59. The number of nitrogens with zero attached hydrogens (tertiary/aromatic N) is 1. The van der Waals surface area contributed by atoms with Gasteiger partial charge in [-0.3, -0.25) is 9.56 Å². The van der Waals surface area contributed by atoms with Crippen molar-refractivity contribution in [2.24, 2.45) is 10.4 Å². The van der Waals surface area contributed by atoms with E-state index in [1.54, 1.807) is 13.1 Å². The number of carbonyl (C=O) groups is 1. The maximum Gasteiger partial charge on any atom is 0.341 e. The van der Waals surface area contributed by atoms with Crippen molar-refractivity contribution in [1.29, 1.82) is 0 Å². The van der Waals surface area contributed by atoms with Gasteiger partial charge in [0.05, 0.1) is 7.11 Å². The Balaban J connectivity index is 2.44. The fraction of sp³-hybridized carbons (Fsp3) is 0.529. The van der Waals surface area contributed by atoms with Gasteiger partial charge in [-0.15, -0.1) is 0 Å². The van der Waals surface area contributed by atoms with Crippen LogP contribution in [0, 0.1) is 5.41 Å². The quantitative estimate of drug-likeness (QED) is 0.427. The van der Waals surface area contributed by atoms with Gasteiger partial charge in [0, 0.05) is 25.8 Å². The van der Waals surface area contributed by atoms with Gasteiger partial charge in [0.25, 0.3) is 0 Å². The molecule has 24 heavy (non-hydrogen) atoms. The van der Waals surface area contributed by atoms with Crippen molar-refractivity contribution in [3.63, 3.8) is 0 Å². The van der Waals surface area contributed by atoms with Gasteiger partial charge in [0.15, 0.2) is 0 Å². The van der Waals surface area contributed by atoms with E-state index in [1.165, 1.54) is 21.3 Å². The smallest absolute Gasteiger partial charge is 0.341 e. The Morgan fingerprint density at radius 2 is 1.83 bits per heavy atom. The van der Waals surface area contributed by atoms with E-state index in [0.29, 0.717) is 6.42 Å². The van der Waals surface area contributed by atoms with Crippen LogP contribution in [0.15, 0.2) is 35.3 Å². The molecule has 2 unspecified atom stereocenters. The number of hydrogen-bond donors (Lipinski definition) is 0. The molecule has 1 aromatic carbocycles. The Morgan fingerprint density at radius 3 is 2.33 bits per heavy atom. The average Bonchev–Trinajstić information content (AvgIpc) is 3.27. The first kappa shape index (κ1) is 18.8. The van der Waals surface area contributed by atoms with Gasteiger partial charge in [-0.2, -0.15) is 0 Å². The molecule has 6 nitrogen and oxygen atoms in total. The number of methoxy groups -OCH3 is 1. The van der Waals surface area contributed by atoms with Crippen LogP contribution in [0.25, 0.3) is 0 Å². The van der Waals surface area contributed by atoms with Crippen LogP contribution in [0.5, 0.6) is 0 Å². The molecule has 1 fully saturated rings. The molecule has 0 aliphatic heterocycles. The first-order chi connectivity index (χ1) is 11.3. The Hall–Kier alpha value is -1.49. The molecule has 0 aromatic heterocycles. The minimum absolute atomic E-state index is 0.414. The number of benzene rings is 1. The highest BCUT2D eigenvalue weighted by Gasteiger charge is 2.75. The van der Waals surface area contributed by atoms with Crippen LogP contribution in [0.1, 0.15) is 25.8 Å². The zero-order valence-electron chi connectivity index (χ0n) is 14.7. The fourth-order valence-electron chi connectivity index (χ4n) is 3.25. The summed E-state index contributed by atoms with van der Waals surface area (Å²) < 4.78 is 28.6. The van der Waals surface area contributed by atoms with Crippen molar-refractivity contribution < 1.29 is 23.1 Å². The molecule has 0 heterocycles. The van der Waals surface area contributed by atoms with Crippen LogP contribution in [0.2, 0.25) is 0 Å². The van der Waals surface area contributed by atoms with Crippen LogP contribution in [0.3, 0.4) is 0 Å². The summed E-state index contributed by atoms with van der Waals surface area (Å²) in [4.78, 5) is 15.8. The van der Waals surface area contributed by atoms with E-state index in [9.17, 15) is 9.36 Å². The van der Waals surface area contributed by atoms with Gasteiger partial charge in [-0.05, 0) is 18.9 Å². The molecule has 7 heteroatoms. The standard InChI is InChI=1S/C17H24NO5P/c1-13(15(19)21-3)18-12-16(2)11-17(16,24(20,22-4)23-5)14-9-7-6-8-10-14/h6-10,12-13H,11H2,1-5H3/t13-,16?,17?/m0/s1. The summed E-state index contributed by atoms with van der Waals surface area (Å²) >= 11 is 0. The summed E-state index contributed by atoms with van der Waals surface area (Å²) in [6, 6.07) is 8.88. The van der Waals surface area contributed by atoms with Crippen LogP contribution in [-0.4, -0.2) is 39.6 Å². The second-order valence-corrected chi connectivity index (χ2v) is 8.65. The molecular weight excluding hydrogens is 329 g/mol. The molecular formula is C17H24NO5P. The zero-order chi connectivity index (χ0) is 18.0. The molecule has 1 aliphatic rings. The lowest BCUT2D eigenvalue weighted by molar-refractivity contribution is -0.141. The fourth-order valence-corrected chi connectivity index (χ4v) is 5.69. The zero-order valence-corrected chi connectivity index (χ0v) is 15.6. The van der Waals surface area contributed by atoms with Crippen LogP contribution in [0.4, 0.5) is 0 Å². The van der Waals surface area contributed by atoms with Crippen molar-refractivity contribution >= 4 is 19.8 Å². The van der Waals surface area contributed by atoms with E-state index in [-0.39, 0.29) is 0 Å². The van der Waals surface area contributed by atoms with E-state index >= 15 is 0 Å². The number of aliphatic imine (C=N–C) groups is 1. The van der Waals surface area contributed by atoms with Crippen molar-refractivity contribution in [2.45, 2.75) is 31.5 Å². The number of rotatable bonds is 7. The maximum atomic E-state index is 13.3. The third-order valence-electron chi connectivity index (χ3n) is 4.77. The molecule has 0 amide bonds. The predicted molar refractivity (Wildman–Crippen MR) is 92.4 cm³/mol. The van der Waals surface area contributed by atoms with Gasteiger partial charge in [0.1, 0.15) is 11.2 Å². The lowest BCUT2D eigenvalue weighted by atomic mass is 10.0. The second-order valence-electron chi connectivity index (χ2n) is 6.16. The summed E-state index contributed by atoms with van der Waals surface area (Å²) in [6.45, 7) is 3.60. The van der Waals surface area contributed by atoms with Crippen molar-refractivity contribution in [3.05, 3.63) is 35.9 Å². The highest BCUT2D eigenvalue weighted by Crippen LogP contribution is 2.83. The van der Waals surface area contributed by atoms with Gasteiger partial charge in [-0.1, -0.05) is 37.3 Å². The van der Waals surface area contributed by atoms with E-state index in [4.69, 9.17) is 9.05 Å². The number of hydrogen-bond acceptors (Lipinski definition) is 6. The maximum absolute atomic E-state index is 13.3. The highest BCUT2D eigenvalue weighted by molar-refractivity contribution is 7.55. The largest absolute Gasteiger partial charge is 0.467 e. The Kier molecular flexibility index (Phi) is 5.33. The summed E-state index contributed by atoms with van der Waals surface area (Å²) in [5.41, 5.74) is 0.328. The summed E-state index contributed by atoms with van der Waals surface area (Å²) in [7, 11) is 0.692. The Morgan fingerprint density at radius 1 is 1.25 bits per heavy atom. The number of esters is 1. The normalized spacial score (nSPS) is 27.9. The Labute approximate surface area is 142 Å². The van der Waals surface area contributed by atoms with Crippen LogP contribution < -0.4 is 0 Å². The van der Waals surface area contributed by atoms with Crippen molar-refractivity contribution in [1.82, 2.24) is 0 Å². The SMILES string of the molecule is COC(=O)[C@H](C)N=CC1(C)CC1(c1ccccc1)P(=O)(OC)OC. The molecule has 0 radical (unpaired) electrons. The van der Waals surface area contributed by atoms with Gasteiger partial charge in [0.2, 0.25) is 0 Å². The molecule has 2 rings (SSSR count). The molecule has 132 valence electrons. The van der Waals surface area contributed by atoms with Crippen LogP contribution >= 0.6 is 7.60 Å².